The molecule has 0 bridgehead atoms. The molecule has 2 aliphatic rings. The molecule has 136 valence electrons. The molecule has 0 atom stereocenters. The first-order chi connectivity index (χ1) is 12.1. The average Bonchev–Trinajstić information content (AvgIpc) is 2.62. The summed E-state index contributed by atoms with van der Waals surface area (Å²) in [5, 5.41) is 3.12. The highest BCUT2D eigenvalue weighted by Crippen LogP contribution is 2.43. The molecule has 1 aromatic rings. The Kier molecular flexibility index (Phi) is 5.46. The zero-order valence-electron chi connectivity index (χ0n) is 14.9. The van der Waals surface area contributed by atoms with Crippen molar-refractivity contribution < 1.29 is 14.3 Å². The van der Waals surface area contributed by atoms with Crippen molar-refractivity contribution in [1.29, 1.82) is 0 Å². The monoisotopic (exact) mass is 345 g/mol. The van der Waals surface area contributed by atoms with E-state index in [1.165, 1.54) is 12.0 Å². The molecule has 3 amide bonds. The van der Waals surface area contributed by atoms with Gasteiger partial charge in [-0.25, -0.2) is 9.59 Å². The number of carbonyl (C=O) groups excluding carboxylic acids is 2. The highest BCUT2D eigenvalue weighted by molar-refractivity contribution is 5.75. The van der Waals surface area contributed by atoms with E-state index in [0.717, 1.165) is 12.8 Å². The van der Waals surface area contributed by atoms with Gasteiger partial charge < -0.3 is 19.9 Å². The third-order valence-electron chi connectivity index (χ3n) is 5.37. The molecule has 6 heteroatoms. The van der Waals surface area contributed by atoms with Crippen LogP contribution in [0.5, 0.6) is 0 Å². The highest BCUT2D eigenvalue weighted by Gasteiger charge is 2.39. The molecular weight excluding hydrogens is 318 g/mol. The summed E-state index contributed by atoms with van der Waals surface area (Å²) in [5.41, 5.74) is 1.40. The second kappa shape index (κ2) is 7.76. The van der Waals surface area contributed by atoms with Crippen LogP contribution >= 0.6 is 0 Å². The van der Waals surface area contributed by atoms with Crippen molar-refractivity contribution in [3.8, 4) is 0 Å². The summed E-state index contributed by atoms with van der Waals surface area (Å²) in [6, 6.07) is 10.4. The van der Waals surface area contributed by atoms with Crippen LogP contribution in [-0.2, 0) is 10.2 Å². The van der Waals surface area contributed by atoms with Crippen LogP contribution in [0.25, 0.3) is 0 Å². The van der Waals surface area contributed by atoms with Crippen molar-refractivity contribution in [3.63, 3.8) is 0 Å². The first kappa shape index (κ1) is 17.6. The molecule has 0 unspecified atom stereocenters. The number of piperazine rings is 1. The molecule has 1 saturated heterocycles. The average molecular weight is 345 g/mol. The number of rotatable bonds is 4. The van der Waals surface area contributed by atoms with E-state index in [-0.39, 0.29) is 17.5 Å². The molecule has 1 saturated carbocycles. The number of ether oxygens (including phenoxy) is 1. The first-order valence-electron chi connectivity index (χ1n) is 9.15. The lowest BCUT2D eigenvalue weighted by molar-refractivity contribution is 0.0846. The van der Waals surface area contributed by atoms with Gasteiger partial charge in [-0.05, 0) is 25.3 Å². The second-order valence-electron chi connectivity index (χ2n) is 6.83. The number of nitrogens with one attached hydrogen (secondary N) is 1. The maximum absolute atomic E-state index is 12.5. The number of carbonyl (C=O) groups is 2. The predicted molar refractivity (Wildman–Crippen MR) is 95.5 cm³/mol. The van der Waals surface area contributed by atoms with Crippen LogP contribution in [0.15, 0.2) is 30.3 Å². The molecule has 1 aromatic carbocycles. The predicted octanol–water partition coefficient (Wildman–Crippen LogP) is 2.59. The number of benzene rings is 1. The lowest BCUT2D eigenvalue weighted by atomic mass is 9.64. The first-order valence-corrected chi connectivity index (χ1v) is 9.15. The minimum Gasteiger partial charge on any atom is -0.450 e. The summed E-state index contributed by atoms with van der Waals surface area (Å²) in [4.78, 5) is 27.7. The zero-order chi connectivity index (χ0) is 17.7. The molecule has 0 radical (unpaired) electrons. The third kappa shape index (κ3) is 3.89. The van der Waals surface area contributed by atoms with Gasteiger partial charge in [0.05, 0.1) is 6.61 Å². The SMILES string of the molecule is CCOC(=O)N1CCN(C(=O)NCC2(c3ccccc3)CCC2)CC1. The van der Waals surface area contributed by atoms with E-state index in [9.17, 15) is 9.59 Å². The van der Waals surface area contributed by atoms with Gasteiger partial charge in [-0.15, -0.1) is 0 Å². The Labute approximate surface area is 149 Å². The smallest absolute Gasteiger partial charge is 0.409 e. The Morgan fingerprint density at radius 3 is 2.28 bits per heavy atom. The van der Waals surface area contributed by atoms with E-state index < -0.39 is 0 Å². The number of urea groups is 1. The maximum Gasteiger partial charge on any atom is 0.409 e. The molecule has 1 N–H and O–H groups in total. The van der Waals surface area contributed by atoms with Crippen molar-refractivity contribution in [3.05, 3.63) is 35.9 Å². The normalized spacial score (nSPS) is 19.1. The van der Waals surface area contributed by atoms with E-state index in [0.29, 0.717) is 39.3 Å². The lowest BCUT2D eigenvalue weighted by Crippen LogP contribution is -2.55. The van der Waals surface area contributed by atoms with Gasteiger partial charge in [0.1, 0.15) is 0 Å². The third-order valence-corrected chi connectivity index (χ3v) is 5.37. The van der Waals surface area contributed by atoms with E-state index >= 15 is 0 Å². The van der Waals surface area contributed by atoms with Crippen molar-refractivity contribution in [2.75, 3.05) is 39.3 Å². The van der Waals surface area contributed by atoms with Crippen LogP contribution in [0.1, 0.15) is 31.7 Å². The van der Waals surface area contributed by atoms with Crippen molar-refractivity contribution >= 4 is 12.1 Å². The van der Waals surface area contributed by atoms with Gasteiger partial charge in [0.25, 0.3) is 0 Å². The van der Waals surface area contributed by atoms with Crippen LogP contribution < -0.4 is 5.32 Å². The van der Waals surface area contributed by atoms with E-state index in [4.69, 9.17) is 4.74 Å². The van der Waals surface area contributed by atoms with Crippen LogP contribution in [0.2, 0.25) is 0 Å². The Balaban J connectivity index is 1.49. The van der Waals surface area contributed by atoms with Crippen LogP contribution in [0, 0.1) is 0 Å². The molecule has 1 heterocycles. The standard InChI is InChI=1S/C19H27N3O3/c1-2-25-18(24)22-13-11-21(12-14-22)17(23)20-15-19(9-6-10-19)16-7-4-3-5-8-16/h3-5,7-8H,2,6,9-15H2,1H3,(H,20,23). The van der Waals surface area contributed by atoms with E-state index in [1.54, 1.807) is 16.7 Å². The number of hydrogen-bond donors (Lipinski definition) is 1. The van der Waals surface area contributed by atoms with Crippen molar-refractivity contribution in [1.82, 2.24) is 15.1 Å². The molecular formula is C19H27N3O3. The maximum atomic E-state index is 12.5. The summed E-state index contributed by atoms with van der Waals surface area (Å²) in [6.07, 6.45) is 3.16. The second-order valence-corrected chi connectivity index (χ2v) is 6.83. The van der Waals surface area contributed by atoms with Gasteiger partial charge in [0.2, 0.25) is 0 Å². The Morgan fingerprint density at radius 1 is 1.08 bits per heavy atom. The molecule has 25 heavy (non-hydrogen) atoms. The van der Waals surface area contributed by atoms with Crippen LogP contribution in [0.4, 0.5) is 9.59 Å². The molecule has 0 aromatic heterocycles. The van der Waals surface area contributed by atoms with Gasteiger partial charge in [0, 0.05) is 38.1 Å². The fraction of sp³-hybridized carbons (Fsp3) is 0.579. The molecule has 1 aliphatic heterocycles. The van der Waals surface area contributed by atoms with Crippen molar-refractivity contribution in [2.24, 2.45) is 0 Å². The lowest BCUT2D eigenvalue weighted by Gasteiger charge is -2.43. The van der Waals surface area contributed by atoms with E-state index in [1.807, 2.05) is 6.07 Å². The van der Waals surface area contributed by atoms with E-state index in [2.05, 4.69) is 29.6 Å². The largest absolute Gasteiger partial charge is 0.450 e. The van der Waals surface area contributed by atoms with Gasteiger partial charge in [0.15, 0.2) is 0 Å². The zero-order valence-corrected chi connectivity index (χ0v) is 14.9. The molecule has 6 nitrogen and oxygen atoms in total. The summed E-state index contributed by atoms with van der Waals surface area (Å²) in [6.45, 7) is 4.98. The number of nitrogens with zero attached hydrogens (tertiary/aromatic N) is 2. The highest BCUT2D eigenvalue weighted by atomic mass is 16.6. The quantitative estimate of drug-likeness (QED) is 0.912. The molecule has 1 aliphatic carbocycles. The molecule has 3 rings (SSSR count). The summed E-state index contributed by atoms with van der Waals surface area (Å²) >= 11 is 0. The molecule has 0 spiro atoms. The van der Waals surface area contributed by atoms with Gasteiger partial charge in [-0.3, -0.25) is 0 Å². The summed E-state index contributed by atoms with van der Waals surface area (Å²) < 4.78 is 5.01. The van der Waals surface area contributed by atoms with Gasteiger partial charge >= 0.3 is 12.1 Å². The molecule has 2 fully saturated rings. The Morgan fingerprint density at radius 2 is 1.72 bits per heavy atom. The number of hydrogen-bond acceptors (Lipinski definition) is 3. The van der Waals surface area contributed by atoms with Crippen molar-refractivity contribution in [2.45, 2.75) is 31.6 Å². The minimum absolute atomic E-state index is 0.0364. The topological polar surface area (TPSA) is 61.9 Å². The van der Waals surface area contributed by atoms with Gasteiger partial charge in [-0.2, -0.15) is 0 Å². The number of amides is 3. The summed E-state index contributed by atoms with van der Waals surface area (Å²) in [5.74, 6) is 0. The Hall–Kier alpha value is -2.24. The van der Waals surface area contributed by atoms with Crippen LogP contribution in [0.3, 0.4) is 0 Å². The van der Waals surface area contributed by atoms with Crippen LogP contribution in [-0.4, -0.2) is 61.3 Å². The minimum atomic E-state index is -0.292. The fourth-order valence-electron chi connectivity index (χ4n) is 3.63. The van der Waals surface area contributed by atoms with Gasteiger partial charge in [-0.1, -0.05) is 36.8 Å². The Bertz CT molecular complexity index is 593. The summed E-state index contributed by atoms with van der Waals surface area (Å²) in [7, 11) is 0. The fourth-order valence-corrected chi connectivity index (χ4v) is 3.63.